The van der Waals surface area contributed by atoms with Crippen LogP contribution in [-0.2, 0) is 45.3 Å². The second kappa shape index (κ2) is 12.6. The molecule has 4 aromatic carbocycles. The third-order valence-corrected chi connectivity index (χ3v) is 9.51. The van der Waals surface area contributed by atoms with Crippen LogP contribution in [0.4, 0.5) is 28.4 Å². The Hall–Kier alpha value is -4.95. The summed E-state index contributed by atoms with van der Waals surface area (Å²) in [5.41, 5.74) is -3.15. The summed E-state index contributed by atoms with van der Waals surface area (Å²) in [4.78, 5) is 7.43. The van der Waals surface area contributed by atoms with Crippen LogP contribution in [0.1, 0.15) is 6.92 Å². The Kier molecular flexibility index (Phi) is 9.41. The highest BCUT2D eigenvalue weighted by Crippen LogP contribution is 2.50. The number of carbonyl (C=O) groups excluding carboxylic acids is 1. The summed E-state index contributed by atoms with van der Waals surface area (Å²) >= 11 is 0. The number of fused-ring (bicyclic) bond motifs is 1. The first-order valence-electron chi connectivity index (χ1n) is 12.3. The van der Waals surface area contributed by atoms with E-state index in [2.05, 4.69) is 25.8 Å². The van der Waals surface area contributed by atoms with Crippen molar-refractivity contribution in [1.29, 1.82) is 0 Å². The molecule has 0 radical (unpaired) electrons. The number of benzene rings is 4. The Bertz CT molecular complexity index is 2520. The number of aromatic hydroxyl groups is 2. The van der Waals surface area contributed by atoms with Crippen molar-refractivity contribution in [2.45, 2.75) is 26.5 Å². The monoisotopic (exact) mass is 745 g/mol. The lowest BCUT2D eigenvalue weighted by Gasteiger charge is -2.13. The summed E-state index contributed by atoms with van der Waals surface area (Å²) < 4.78 is 134. The minimum atomic E-state index is -5.37. The first-order valence-corrected chi connectivity index (χ1v) is 18.1. The van der Waals surface area contributed by atoms with Gasteiger partial charge in [-0.3, -0.25) is 23.0 Å². The predicted octanol–water partition coefficient (Wildman–Crippen LogP) is 4.03. The summed E-state index contributed by atoms with van der Waals surface area (Å²) in [5.74, 6) is -3.18. The molecule has 20 nitrogen and oxygen atoms in total. The summed E-state index contributed by atoms with van der Waals surface area (Å²) in [7, 11) is -20.3. The Morgan fingerprint density at radius 3 is 1.52 bits per heavy atom. The number of nitrogens with one attached hydrogen (secondary N) is 1. The van der Waals surface area contributed by atoms with Gasteiger partial charge in [0.2, 0.25) is 5.91 Å². The number of nitrogens with zero attached hydrogens (tertiary/aromatic N) is 4. The van der Waals surface area contributed by atoms with E-state index in [1.54, 1.807) is 0 Å². The van der Waals surface area contributed by atoms with Crippen LogP contribution >= 0.6 is 0 Å². The van der Waals surface area contributed by atoms with Crippen molar-refractivity contribution in [2.75, 3.05) is 5.32 Å². The van der Waals surface area contributed by atoms with E-state index in [0.717, 1.165) is 49.4 Å². The molecular weight excluding hydrogens is 727 g/mol. The minimum Gasteiger partial charge on any atom is -0.505 e. The summed E-state index contributed by atoms with van der Waals surface area (Å²) in [6.45, 7) is 1.10. The maximum absolute atomic E-state index is 12.3. The molecule has 0 aliphatic carbocycles. The van der Waals surface area contributed by atoms with Crippen molar-refractivity contribution in [2.24, 2.45) is 20.5 Å². The first kappa shape index (κ1) is 35.9. The lowest BCUT2D eigenvalue weighted by atomic mass is 10.1. The zero-order chi connectivity index (χ0) is 36.0. The lowest BCUT2D eigenvalue weighted by molar-refractivity contribution is -0.114. The fraction of sp³-hybridized carbons (Fsp3) is 0.0417. The van der Waals surface area contributed by atoms with E-state index in [1.807, 2.05) is 0 Å². The number of rotatable bonds is 9. The average Bonchev–Trinajstić information content (AvgIpc) is 2.94. The molecular formula is C24H19N5O15S4. The molecule has 0 aliphatic rings. The topological polar surface area (TPSA) is 336 Å². The molecule has 254 valence electrons. The Labute approximate surface area is 270 Å². The van der Waals surface area contributed by atoms with Crippen LogP contribution in [0, 0.1) is 0 Å². The SMILES string of the molecule is CC(=O)Nc1ccc(N=Nc2c(S(=O)(=O)O)cc3cc(S(=O)(=O)O)c(N=Nc4ccc(S(=O)(=O)O)cc4)c(O)c3c2O)c(S(=O)(=O)O)c1. The number of phenols is 2. The van der Waals surface area contributed by atoms with Crippen LogP contribution in [0.15, 0.2) is 94.6 Å². The highest BCUT2D eigenvalue weighted by atomic mass is 32.2. The largest absolute Gasteiger partial charge is 0.505 e. The normalized spacial score (nSPS) is 13.0. The van der Waals surface area contributed by atoms with E-state index in [4.69, 9.17) is 4.55 Å². The Morgan fingerprint density at radius 1 is 0.604 bits per heavy atom. The number of anilines is 1. The van der Waals surface area contributed by atoms with Gasteiger partial charge in [-0.25, -0.2) is 0 Å². The van der Waals surface area contributed by atoms with Gasteiger partial charge in [-0.2, -0.15) is 38.8 Å². The molecule has 0 fully saturated rings. The summed E-state index contributed by atoms with van der Waals surface area (Å²) in [6.07, 6.45) is 0. The van der Waals surface area contributed by atoms with Gasteiger partial charge in [0.05, 0.1) is 16.0 Å². The van der Waals surface area contributed by atoms with E-state index in [0.29, 0.717) is 12.1 Å². The van der Waals surface area contributed by atoms with Gasteiger partial charge in [0, 0.05) is 12.6 Å². The minimum absolute atomic E-state index is 0.114. The molecule has 0 saturated carbocycles. The molecule has 0 heterocycles. The van der Waals surface area contributed by atoms with Gasteiger partial charge in [-0.1, -0.05) is 0 Å². The van der Waals surface area contributed by atoms with Crippen LogP contribution in [0.25, 0.3) is 10.8 Å². The molecule has 7 N–H and O–H groups in total. The van der Waals surface area contributed by atoms with Gasteiger partial charge < -0.3 is 15.5 Å². The van der Waals surface area contributed by atoms with E-state index in [9.17, 15) is 62.3 Å². The standard InChI is InChI=1S/C24H19N5O15S4/c1-11(30)25-14-4-7-16(17(10-14)46(36,37)38)27-29-22-19(48(42,43)44)9-12-8-18(47(39,40)41)21(23(31)20(12)24(22)32)28-26-13-2-5-15(6-3-13)45(33,34)35/h2-10,31-32H,1H3,(H,25,30)(H,33,34,35)(H,36,37,38)(H,39,40,41)(H,42,43,44). The van der Waals surface area contributed by atoms with Crippen molar-refractivity contribution in [3.8, 4) is 11.5 Å². The number of hydrogen-bond acceptors (Lipinski definition) is 15. The Balaban J connectivity index is 1.99. The van der Waals surface area contributed by atoms with Crippen LogP contribution in [-0.4, -0.2) is 68.0 Å². The fourth-order valence-corrected chi connectivity index (χ4v) is 6.47. The molecule has 24 heteroatoms. The third-order valence-electron chi connectivity index (χ3n) is 6.02. The molecule has 0 aliphatic heterocycles. The maximum Gasteiger partial charge on any atom is 0.296 e. The average molecular weight is 746 g/mol. The summed E-state index contributed by atoms with van der Waals surface area (Å²) in [6, 6.07) is 7.66. The van der Waals surface area contributed by atoms with Gasteiger partial charge in [0.15, 0.2) is 11.5 Å². The molecule has 0 unspecified atom stereocenters. The second-order valence-electron chi connectivity index (χ2n) is 9.40. The molecule has 4 rings (SSSR count). The highest BCUT2D eigenvalue weighted by Gasteiger charge is 2.29. The van der Waals surface area contributed by atoms with Crippen molar-refractivity contribution < 1.29 is 66.9 Å². The van der Waals surface area contributed by atoms with Gasteiger partial charge in [0.1, 0.15) is 31.7 Å². The van der Waals surface area contributed by atoms with E-state index in [1.165, 1.54) is 0 Å². The number of hydrogen-bond donors (Lipinski definition) is 7. The van der Waals surface area contributed by atoms with Crippen molar-refractivity contribution in [1.82, 2.24) is 0 Å². The van der Waals surface area contributed by atoms with Crippen LogP contribution in [0.5, 0.6) is 11.5 Å². The van der Waals surface area contributed by atoms with Crippen molar-refractivity contribution in [3.05, 3.63) is 54.6 Å². The molecule has 0 aromatic heterocycles. The van der Waals surface area contributed by atoms with Crippen LogP contribution < -0.4 is 5.32 Å². The smallest absolute Gasteiger partial charge is 0.296 e. The van der Waals surface area contributed by atoms with Crippen LogP contribution in [0.3, 0.4) is 0 Å². The molecule has 4 aromatic rings. The number of azo groups is 2. The van der Waals surface area contributed by atoms with Gasteiger partial charge in [-0.15, -0.1) is 15.3 Å². The second-order valence-corrected chi connectivity index (χ2v) is 15.0. The van der Waals surface area contributed by atoms with E-state index in [-0.39, 0.29) is 11.4 Å². The number of carbonyl (C=O) groups is 1. The molecule has 48 heavy (non-hydrogen) atoms. The zero-order valence-electron chi connectivity index (χ0n) is 23.5. The van der Waals surface area contributed by atoms with E-state index < -0.39 is 105 Å². The van der Waals surface area contributed by atoms with Gasteiger partial charge in [0.25, 0.3) is 40.5 Å². The highest BCUT2D eigenvalue weighted by molar-refractivity contribution is 7.86. The first-order chi connectivity index (χ1) is 22.0. The maximum atomic E-state index is 12.3. The van der Waals surface area contributed by atoms with Gasteiger partial charge in [-0.05, 0) is 60.0 Å². The van der Waals surface area contributed by atoms with Gasteiger partial charge >= 0.3 is 0 Å². The zero-order valence-corrected chi connectivity index (χ0v) is 26.7. The third kappa shape index (κ3) is 7.77. The predicted molar refractivity (Wildman–Crippen MR) is 162 cm³/mol. The van der Waals surface area contributed by atoms with Crippen molar-refractivity contribution >= 4 is 85.6 Å². The summed E-state index contributed by atoms with van der Waals surface area (Å²) in [5, 5.41) is 37.1. The lowest BCUT2D eigenvalue weighted by Crippen LogP contribution is -2.07. The fourth-order valence-electron chi connectivity index (χ4n) is 4.03. The number of amides is 1. The van der Waals surface area contributed by atoms with Crippen molar-refractivity contribution in [3.63, 3.8) is 0 Å². The molecule has 1 amide bonds. The quantitative estimate of drug-likeness (QED) is 0.0939. The molecule has 0 saturated heterocycles. The molecule has 0 spiro atoms. The molecule has 0 atom stereocenters. The van der Waals surface area contributed by atoms with Crippen LogP contribution in [0.2, 0.25) is 0 Å². The Morgan fingerprint density at radius 2 is 1.08 bits per heavy atom. The van der Waals surface area contributed by atoms with E-state index >= 15 is 0 Å². The number of phenolic OH excluding ortho intramolecular Hbond substituents is 2. The molecule has 0 bridgehead atoms.